The predicted molar refractivity (Wildman–Crippen MR) is 52.7 cm³/mol. The first-order valence-electron chi connectivity index (χ1n) is 4.23. The number of amides is 1. The third kappa shape index (κ3) is 1.25. The first-order valence-corrected chi connectivity index (χ1v) is 4.23. The zero-order valence-electron chi connectivity index (χ0n) is 7.45. The van der Waals surface area contributed by atoms with Gasteiger partial charge in [0, 0.05) is 11.6 Å². The number of benzene rings is 1. The molecule has 72 valence electrons. The number of fused-ring (bicyclic) bond motifs is 1. The standard InChI is InChI=1S/C10H10N2O2/c11-10(14)8-4-6(5-13)3-7-1-2-12-9(7)8/h1-4,12-13H,5H2,(H2,11,14). The lowest BCUT2D eigenvalue weighted by molar-refractivity contribution is 0.100. The number of primary amides is 1. The average Bonchev–Trinajstić information content (AvgIpc) is 2.63. The monoisotopic (exact) mass is 190 g/mol. The molecule has 0 spiro atoms. The largest absolute Gasteiger partial charge is 0.392 e. The Hall–Kier alpha value is -1.81. The van der Waals surface area contributed by atoms with Crippen LogP contribution < -0.4 is 5.73 Å². The van der Waals surface area contributed by atoms with Gasteiger partial charge in [-0.1, -0.05) is 0 Å². The van der Waals surface area contributed by atoms with E-state index in [-0.39, 0.29) is 6.61 Å². The van der Waals surface area contributed by atoms with Crippen molar-refractivity contribution in [1.82, 2.24) is 4.98 Å². The van der Waals surface area contributed by atoms with Gasteiger partial charge < -0.3 is 15.8 Å². The van der Waals surface area contributed by atoms with Gasteiger partial charge in [0.15, 0.2) is 0 Å². The molecule has 14 heavy (non-hydrogen) atoms. The van der Waals surface area contributed by atoms with Crippen molar-refractivity contribution in [3.8, 4) is 0 Å². The lowest BCUT2D eigenvalue weighted by atomic mass is 10.1. The molecule has 4 N–H and O–H groups in total. The molecule has 0 saturated carbocycles. The van der Waals surface area contributed by atoms with Crippen LogP contribution in [0, 0.1) is 0 Å². The first-order chi connectivity index (χ1) is 6.72. The molecule has 4 nitrogen and oxygen atoms in total. The van der Waals surface area contributed by atoms with E-state index in [1.54, 1.807) is 12.3 Å². The molecular formula is C10H10N2O2. The summed E-state index contributed by atoms with van der Waals surface area (Å²) in [6, 6.07) is 5.25. The number of nitrogens with two attached hydrogens (primary N) is 1. The Bertz CT molecular complexity index is 488. The fourth-order valence-electron chi connectivity index (χ4n) is 1.52. The maximum absolute atomic E-state index is 11.1. The summed E-state index contributed by atoms with van der Waals surface area (Å²) in [6.07, 6.45) is 1.73. The molecule has 0 bridgehead atoms. The minimum absolute atomic E-state index is 0.0958. The molecule has 2 aromatic rings. The highest BCUT2D eigenvalue weighted by Crippen LogP contribution is 2.19. The third-order valence-electron chi connectivity index (χ3n) is 2.17. The minimum Gasteiger partial charge on any atom is -0.392 e. The van der Waals surface area contributed by atoms with Crippen molar-refractivity contribution in [1.29, 1.82) is 0 Å². The second-order valence-electron chi connectivity index (χ2n) is 3.11. The number of H-pyrrole nitrogens is 1. The van der Waals surface area contributed by atoms with Gasteiger partial charge in [0.1, 0.15) is 0 Å². The lowest BCUT2D eigenvalue weighted by Crippen LogP contribution is -2.12. The maximum Gasteiger partial charge on any atom is 0.250 e. The first kappa shape index (κ1) is 8.77. The molecule has 1 aromatic heterocycles. The SMILES string of the molecule is NC(=O)c1cc(CO)cc2cc[nH]c12. The van der Waals surface area contributed by atoms with E-state index in [0.29, 0.717) is 11.1 Å². The van der Waals surface area contributed by atoms with Gasteiger partial charge in [-0.3, -0.25) is 4.79 Å². The quantitative estimate of drug-likeness (QED) is 0.653. The summed E-state index contributed by atoms with van der Waals surface area (Å²) in [7, 11) is 0. The minimum atomic E-state index is -0.493. The molecule has 2 rings (SSSR count). The van der Waals surface area contributed by atoms with Crippen molar-refractivity contribution in [2.24, 2.45) is 5.73 Å². The number of aromatic amines is 1. The van der Waals surface area contributed by atoms with Gasteiger partial charge in [-0.05, 0) is 23.8 Å². The van der Waals surface area contributed by atoms with E-state index in [9.17, 15) is 4.79 Å². The van der Waals surface area contributed by atoms with E-state index in [2.05, 4.69) is 4.98 Å². The number of aromatic nitrogens is 1. The maximum atomic E-state index is 11.1. The number of hydrogen-bond donors (Lipinski definition) is 3. The summed E-state index contributed by atoms with van der Waals surface area (Å²) < 4.78 is 0. The van der Waals surface area contributed by atoms with Gasteiger partial charge in [-0.2, -0.15) is 0 Å². The van der Waals surface area contributed by atoms with E-state index in [1.807, 2.05) is 12.1 Å². The van der Waals surface area contributed by atoms with Crippen LogP contribution in [-0.4, -0.2) is 16.0 Å². The highest BCUT2D eigenvalue weighted by atomic mass is 16.3. The van der Waals surface area contributed by atoms with E-state index >= 15 is 0 Å². The van der Waals surface area contributed by atoms with Crippen LogP contribution in [-0.2, 0) is 6.61 Å². The van der Waals surface area contributed by atoms with E-state index in [4.69, 9.17) is 10.8 Å². The van der Waals surface area contributed by atoms with E-state index < -0.39 is 5.91 Å². The van der Waals surface area contributed by atoms with Crippen LogP contribution in [0.4, 0.5) is 0 Å². The van der Waals surface area contributed by atoms with Gasteiger partial charge in [0.25, 0.3) is 5.91 Å². The van der Waals surface area contributed by atoms with Gasteiger partial charge in [-0.15, -0.1) is 0 Å². The van der Waals surface area contributed by atoms with Crippen molar-refractivity contribution < 1.29 is 9.90 Å². The summed E-state index contributed by atoms with van der Waals surface area (Å²) in [6.45, 7) is -0.0958. The van der Waals surface area contributed by atoms with E-state index in [1.165, 1.54) is 0 Å². The molecule has 0 saturated heterocycles. The van der Waals surface area contributed by atoms with Gasteiger partial charge in [0.05, 0.1) is 17.7 Å². The molecule has 0 radical (unpaired) electrons. The van der Waals surface area contributed by atoms with Crippen molar-refractivity contribution in [2.75, 3.05) is 0 Å². The van der Waals surface area contributed by atoms with Crippen molar-refractivity contribution in [3.63, 3.8) is 0 Å². The third-order valence-corrected chi connectivity index (χ3v) is 2.17. The molecule has 1 heterocycles. The van der Waals surface area contributed by atoms with Gasteiger partial charge >= 0.3 is 0 Å². The molecule has 0 fully saturated rings. The van der Waals surface area contributed by atoms with Crippen molar-refractivity contribution in [3.05, 3.63) is 35.5 Å². The number of hydrogen-bond acceptors (Lipinski definition) is 2. The lowest BCUT2D eigenvalue weighted by Gasteiger charge is -2.02. The topological polar surface area (TPSA) is 79.1 Å². The highest BCUT2D eigenvalue weighted by molar-refractivity contribution is 6.05. The fraction of sp³-hybridized carbons (Fsp3) is 0.100. The average molecular weight is 190 g/mol. The number of nitrogens with one attached hydrogen (secondary N) is 1. The van der Waals surface area contributed by atoms with Crippen molar-refractivity contribution >= 4 is 16.8 Å². The van der Waals surface area contributed by atoms with Crippen LogP contribution in [0.25, 0.3) is 10.9 Å². The van der Waals surface area contributed by atoms with Gasteiger partial charge in [-0.25, -0.2) is 0 Å². The van der Waals surface area contributed by atoms with Crippen LogP contribution in [0.5, 0.6) is 0 Å². The molecule has 0 unspecified atom stereocenters. The van der Waals surface area contributed by atoms with Crippen LogP contribution in [0.2, 0.25) is 0 Å². The Balaban J connectivity index is 2.76. The molecule has 0 atom stereocenters. The summed E-state index contributed by atoms with van der Waals surface area (Å²) >= 11 is 0. The second-order valence-corrected chi connectivity index (χ2v) is 3.11. The number of aliphatic hydroxyl groups excluding tert-OH is 1. The van der Waals surface area contributed by atoms with Crippen LogP contribution in [0.1, 0.15) is 15.9 Å². The van der Waals surface area contributed by atoms with Crippen LogP contribution >= 0.6 is 0 Å². The Labute approximate surface area is 80.3 Å². The molecule has 4 heteroatoms. The Morgan fingerprint density at radius 1 is 1.50 bits per heavy atom. The summed E-state index contributed by atoms with van der Waals surface area (Å²) in [5, 5.41) is 9.86. The number of carbonyl (C=O) groups excluding carboxylic acids is 1. The highest BCUT2D eigenvalue weighted by Gasteiger charge is 2.08. The van der Waals surface area contributed by atoms with Gasteiger partial charge in [0.2, 0.25) is 0 Å². The Morgan fingerprint density at radius 3 is 2.93 bits per heavy atom. The fourth-order valence-corrected chi connectivity index (χ4v) is 1.52. The number of rotatable bonds is 2. The summed E-state index contributed by atoms with van der Waals surface area (Å²) in [5.41, 5.74) is 7.04. The Kier molecular flexibility index (Phi) is 1.98. The van der Waals surface area contributed by atoms with Crippen LogP contribution in [0.3, 0.4) is 0 Å². The molecule has 1 amide bonds. The molecule has 1 aromatic carbocycles. The normalized spacial score (nSPS) is 10.6. The van der Waals surface area contributed by atoms with Crippen molar-refractivity contribution in [2.45, 2.75) is 6.61 Å². The second kappa shape index (κ2) is 3.16. The predicted octanol–water partition coefficient (Wildman–Crippen LogP) is 0.759. The number of aliphatic hydroxyl groups is 1. The summed E-state index contributed by atoms with van der Waals surface area (Å²) in [4.78, 5) is 14.0. The molecule has 0 aliphatic rings. The summed E-state index contributed by atoms with van der Waals surface area (Å²) in [5.74, 6) is -0.493. The smallest absolute Gasteiger partial charge is 0.250 e. The zero-order valence-corrected chi connectivity index (χ0v) is 7.45. The van der Waals surface area contributed by atoms with E-state index in [0.717, 1.165) is 10.9 Å². The zero-order chi connectivity index (χ0) is 10.1. The number of carbonyl (C=O) groups is 1. The molecular weight excluding hydrogens is 180 g/mol. The Morgan fingerprint density at radius 2 is 2.29 bits per heavy atom. The van der Waals surface area contributed by atoms with Crippen LogP contribution in [0.15, 0.2) is 24.4 Å². The molecule has 0 aliphatic carbocycles. The molecule has 0 aliphatic heterocycles.